The van der Waals surface area contributed by atoms with Crippen LogP contribution in [0.1, 0.15) is 29.3 Å². The third-order valence-electron chi connectivity index (χ3n) is 2.66. The molecule has 0 saturated carbocycles. The van der Waals surface area contributed by atoms with Crippen molar-refractivity contribution in [2.45, 2.75) is 20.3 Å². The molecule has 0 aliphatic rings. The van der Waals surface area contributed by atoms with Crippen molar-refractivity contribution >= 4 is 27.8 Å². The quantitative estimate of drug-likeness (QED) is 0.781. The maximum absolute atomic E-state index is 12.2. The molecule has 1 rings (SSSR count). The van der Waals surface area contributed by atoms with Gasteiger partial charge in [0.1, 0.15) is 0 Å². The van der Waals surface area contributed by atoms with Crippen molar-refractivity contribution in [2.75, 3.05) is 20.2 Å². The molecule has 1 amide bonds. The number of carbonyl (C=O) groups is 2. The van der Waals surface area contributed by atoms with E-state index in [-0.39, 0.29) is 18.3 Å². The minimum Gasteiger partial charge on any atom is -0.466 e. The number of hydrogen-bond donors (Lipinski definition) is 0. The van der Waals surface area contributed by atoms with Gasteiger partial charge in [-0.3, -0.25) is 9.59 Å². The molecule has 104 valence electrons. The number of benzene rings is 1. The molecule has 5 heteroatoms. The molecule has 0 aliphatic heterocycles. The molecule has 4 nitrogen and oxygen atoms in total. The minimum atomic E-state index is -0.287. The van der Waals surface area contributed by atoms with Crippen LogP contribution < -0.4 is 0 Å². The second-order valence-electron chi connectivity index (χ2n) is 4.27. The first-order chi connectivity index (χ1) is 8.95. The van der Waals surface area contributed by atoms with E-state index in [4.69, 9.17) is 4.74 Å². The normalized spacial score (nSPS) is 10.1. The molecule has 0 spiro atoms. The zero-order chi connectivity index (χ0) is 14.4. The van der Waals surface area contributed by atoms with Crippen molar-refractivity contribution in [2.24, 2.45) is 0 Å². The van der Waals surface area contributed by atoms with Crippen molar-refractivity contribution in [1.82, 2.24) is 4.90 Å². The summed E-state index contributed by atoms with van der Waals surface area (Å²) in [4.78, 5) is 25.0. The van der Waals surface area contributed by atoms with Gasteiger partial charge in [0.25, 0.3) is 5.91 Å². The van der Waals surface area contributed by atoms with Crippen LogP contribution in [-0.4, -0.2) is 37.0 Å². The van der Waals surface area contributed by atoms with Gasteiger partial charge in [-0.05, 0) is 41.9 Å². The lowest BCUT2D eigenvalue weighted by molar-refractivity contribution is -0.143. The Hall–Kier alpha value is -1.36. The Labute approximate surface area is 121 Å². The maximum Gasteiger partial charge on any atom is 0.307 e. The molecule has 0 aliphatic carbocycles. The van der Waals surface area contributed by atoms with Crippen LogP contribution in [0.25, 0.3) is 0 Å². The van der Waals surface area contributed by atoms with Crippen LogP contribution in [-0.2, 0) is 9.53 Å². The molecular weight excluding hydrogens is 310 g/mol. The van der Waals surface area contributed by atoms with Crippen LogP contribution >= 0.6 is 15.9 Å². The summed E-state index contributed by atoms with van der Waals surface area (Å²) in [5.41, 5.74) is 1.62. The summed E-state index contributed by atoms with van der Waals surface area (Å²) in [6.45, 7) is 4.40. The van der Waals surface area contributed by atoms with E-state index in [1.54, 1.807) is 14.0 Å². The maximum atomic E-state index is 12.2. The predicted molar refractivity (Wildman–Crippen MR) is 77.1 cm³/mol. The third-order valence-corrected chi connectivity index (χ3v) is 3.35. The first-order valence-electron chi connectivity index (χ1n) is 6.13. The fourth-order valence-electron chi connectivity index (χ4n) is 1.60. The topological polar surface area (TPSA) is 46.6 Å². The number of aryl methyl sites for hydroxylation is 1. The van der Waals surface area contributed by atoms with Gasteiger partial charge in [0.05, 0.1) is 18.6 Å². The van der Waals surface area contributed by atoms with Gasteiger partial charge in [0, 0.05) is 18.1 Å². The van der Waals surface area contributed by atoms with Crippen LogP contribution in [0.5, 0.6) is 0 Å². The second-order valence-corrected chi connectivity index (χ2v) is 5.12. The second kappa shape index (κ2) is 7.28. The Morgan fingerprint density at radius 2 is 2.05 bits per heavy atom. The van der Waals surface area contributed by atoms with Gasteiger partial charge in [-0.1, -0.05) is 11.6 Å². The molecule has 0 unspecified atom stereocenters. The van der Waals surface area contributed by atoms with Gasteiger partial charge < -0.3 is 9.64 Å². The number of ether oxygens (including phenoxy) is 1. The number of carbonyl (C=O) groups excluding carboxylic acids is 2. The van der Waals surface area contributed by atoms with Gasteiger partial charge in [0.15, 0.2) is 0 Å². The van der Waals surface area contributed by atoms with Crippen molar-refractivity contribution < 1.29 is 14.3 Å². The lowest BCUT2D eigenvalue weighted by Gasteiger charge is -2.17. The van der Waals surface area contributed by atoms with Gasteiger partial charge in [-0.25, -0.2) is 0 Å². The van der Waals surface area contributed by atoms with E-state index in [0.29, 0.717) is 18.7 Å². The van der Waals surface area contributed by atoms with Crippen LogP contribution in [0, 0.1) is 6.92 Å². The number of esters is 1. The third kappa shape index (κ3) is 4.67. The highest BCUT2D eigenvalue weighted by molar-refractivity contribution is 9.10. The van der Waals surface area contributed by atoms with Gasteiger partial charge >= 0.3 is 5.97 Å². The average molecular weight is 328 g/mol. The summed E-state index contributed by atoms with van der Waals surface area (Å²) in [5, 5.41) is 0. The Bertz CT molecular complexity index is 474. The largest absolute Gasteiger partial charge is 0.466 e. The first-order valence-corrected chi connectivity index (χ1v) is 6.92. The van der Waals surface area contributed by atoms with E-state index in [0.717, 1.165) is 10.0 Å². The molecular formula is C14H18BrNO3. The van der Waals surface area contributed by atoms with E-state index in [1.165, 1.54) is 4.90 Å². The number of halogens is 1. The number of rotatable bonds is 5. The van der Waals surface area contributed by atoms with E-state index in [1.807, 2.05) is 25.1 Å². The highest BCUT2D eigenvalue weighted by atomic mass is 79.9. The molecule has 0 atom stereocenters. The lowest BCUT2D eigenvalue weighted by Crippen LogP contribution is -2.29. The predicted octanol–water partition coefficient (Wildman–Crippen LogP) is 2.78. The molecule has 0 aromatic heterocycles. The molecule has 0 N–H and O–H groups in total. The molecule has 1 aromatic carbocycles. The summed E-state index contributed by atoms with van der Waals surface area (Å²) < 4.78 is 5.59. The first kappa shape index (κ1) is 15.7. The van der Waals surface area contributed by atoms with Crippen molar-refractivity contribution in [3.63, 3.8) is 0 Å². The Balaban J connectivity index is 2.66. The van der Waals surface area contributed by atoms with Crippen molar-refractivity contribution in [1.29, 1.82) is 0 Å². The van der Waals surface area contributed by atoms with Crippen molar-refractivity contribution in [3.05, 3.63) is 33.8 Å². The Kier molecular flexibility index (Phi) is 6.02. The van der Waals surface area contributed by atoms with E-state index in [2.05, 4.69) is 15.9 Å². The Morgan fingerprint density at radius 1 is 1.37 bits per heavy atom. The fourth-order valence-corrected chi connectivity index (χ4v) is 2.02. The van der Waals surface area contributed by atoms with E-state index < -0.39 is 0 Å². The SMILES string of the molecule is CCOC(=O)CCN(C)C(=O)c1cc(C)ccc1Br. The van der Waals surface area contributed by atoms with Crippen LogP contribution in [0.3, 0.4) is 0 Å². The molecule has 19 heavy (non-hydrogen) atoms. The Morgan fingerprint density at radius 3 is 2.68 bits per heavy atom. The molecule has 0 fully saturated rings. The lowest BCUT2D eigenvalue weighted by atomic mass is 10.1. The van der Waals surface area contributed by atoms with Crippen LogP contribution in [0.2, 0.25) is 0 Å². The van der Waals surface area contributed by atoms with Crippen LogP contribution in [0.15, 0.2) is 22.7 Å². The highest BCUT2D eigenvalue weighted by Crippen LogP contribution is 2.19. The van der Waals surface area contributed by atoms with E-state index >= 15 is 0 Å². The summed E-state index contributed by atoms with van der Waals surface area (Å²) >= 11 is 3.37. The molecule has 1 aromatic rings. The van der Waals surface area contributed by atoms with Crippen LogP contribution in [0.4, 0.5) is 0 Å². The van der Waals surface area contributed by atoms with Gasteiger partial charge in [0.2, 0.25) is 0 Å². The monoisotopic (exact) mass is 327 g/mol. The molecule has 0 heterocycles. The molecule has 0 radical (unpaired) electrons. The van der Waals surface area contributed by atoms with Gasteiger partial charge in [-0.2, -0.15) is 0 Å². The van der Waals surface area contributed by atoms with Gasteiger partial charge in [-0.15, -0.1) is 0 Å². The molecule has 0 bridgehead atoms. The van der Waals surface area contributed by atoms with Crippen molar-refractivity contribution in [3.8, 4) is 0 Å². The summed E-state index contributed by atoms with van der Waals surface area (Å²) in [5.74, 6) is -0.398. The summed E-state index contributed by atoms with van der Waals surface area (Å²) in [6.07, 6.45) is 0.208. The standard InChI is InChI=1S/C14H18BrNO3/c1-4-19-13(17)7-8-16(3)14(18)11-9-10(2)5-6-12(11)15/h5-6,9H,4,7-8H2,1-3H3. The fraction of sp³-hybridized carbons (Fsp3) is 0.429. The van der Waals surface area contributed by atoms with E-state index in [9.17, 15) is 9.59 Å². The highest BCUT2D eigenvalue weighted by Gasteiger charge is 2.16. The zero-order valence-corrected chi connectivity index (χ0v) is 13.0. The number of hydrogen-bond acceptors (Lipinski definition) is 3. The zero-order valence-electron chi connectivity index (χ0n) is 11.4. The molecule has 0 saturated heterocycles. The number of nitrogens with zero attached hydrogens (tertiary/aromatic N) is 1. The smallest absolute Gasteiger partial charge is 0.307 e. The summed E-state index contributed by atoms with van der Waals surface area (Å²) in [6, 6.07) is 5.61. The minimum absolute atomic E-state index is 0.111. The average Bonchev–Trinajstić information content (AvgIpc) is 2.38. The summed E-state index contributed by atoms with van der Waals surface area (Å²) in [7, 11) is 1.68. The number of amides is 1.